The third-order valence-electron chi connectivity index (χ3n) is 4.06. The summed E-state index contributed by atoms with van der Waals surface area (Å²) in [7, 11) is 0. The molecule has 0 saturated heterocycles. The van der Waals surface area contributed by atoms with Gasteiger partial charge < -0.3 is 11.1 Å². The summed E-state index contributed by atoms with van der Waals surface area (Å²) in [5, 5.41) is 3.99. The average Bonchev–Trinajstić information content (AvgIpc) is 2.48. The molecule has 0 aliphatic heterocycles. The fourth-order valence-corrected chi connectivity index (χ4v) is 2.92. The summed E-state index contributed by atoms with van der Waals surface area (Å²) < 4.78 is 0. The highest BCUT2D eigenvalue weighted by molar-refractivity contribution is 6.01. The number of carbonyl (C=O) groups is 1. The summed E-state index contributed by atoms with van der Waals surface area (Å²) in [5.74, 6) is -0.0377. The van der Waals surface area contributed by atoms with Crippen molar-refractivity contribution in [1.29, 1.82) is 0 Å². The summed E-state index contributed by atoms with van der Waals surface area (Å²) in [6, 6.07) is 9.60. The van der Waals surface area contributed by atoms with Gasteiger partial charge in [-0.05, 0) is 37.1 Å². The monoisotopic (exact) mass is 269 g/mol. The van der Waals surface area contributed by atoms with Gasteiger partial charge in [-0.15, -0.1) is 0 Å². The summed E-state index contributed by atoms with van der Waals surface area (Å²) in [4.78, 5) is 16.7. The molecule has 2 atom stereocenters. The number of nitrogens with one attached hydrogen (secondary N) is 1. The molecule has 104 valence electrons. The largest absolute Gasteiger partial charge is 0.327 e. The molecular weight excluding hydrogens is 250 g/mol. The van der Waals surface area contributed by atoms with E-state index in [0.29, 0.717) is 0 Å². The van der Waals surface area contributed by atoms with Gasteiger partial charge in [0.2, 0.25) is 5.91 Å². The number of aromatic nitrogens is 1. The van der Waals surface area contributed by atoms with Gasteiger partial charge >= 0.3 is 0 Å². The third kappa shape index (κ3) is 2.51. The molecular formula is C16H19N3O. The molecule has 1 fully saturated rings. The van der Waals surface area contributed by atoms with E-state index in [1.54, 1.807) is 6.20 Å². The zero-order valence-corrected chi connectivity index (χ0v) is 11.4. The maximum Gasteiger partial charge on any atom is 0.229 e. The van der Waals surface area contributed by atoms with Gasteiger partial charge in [0.15, 0.2) is 0 Å². The van der Waals surface area contributed by atoms with E-state index >= 15 is 0 Å². The Hall–Kier alpha value is -1.94. The van der Waals surface area contributed by atoms with Crippen LogP contribution in [0.3, 0.4) is 0 Å². The van der Waals surface area contributed by atoms with Gasteiger partial charge in [-0.1, -0.05) is 18.9 Å². The molecule has 1 amide bonds. The molecule has 1 aliphatic carbocycles. The molecule has 1 aromatic carbocycles. The van der Waals surface area contributed by atoms with E-state index < -0.39 is 0 Å². The molecule has 0 spiro atoms. The first kappa shape index (κ1) is 13.1. The van der Waals surface area contributed by atoms with Crippen LogP contribution in [0.1, 0.15) is 25.7 Å². The number of hydrogen-bond donors (Lipinski definition) is 2. The van der Waals surface area contributed by atoms with E-state index in [9.17, 15) is 4.79 Å². The van der Waals surface area contributed by atoms with Crippen molar-refractivity contribution in [3.63, 3.8) is 0 Å². The second kappa shape index (κ2) is 5.59. The van der Waals surface area contributed by atoms with Crippen LogP contribution in [0.25, 0.3) is 10.9 Å². The number of amides is 1. The Morgan fingerprint density at radius 1 is 1.20 bits per heavy atom. The maximum absolute atomic E-state index is 12.4. The first-order chi connectivity index (χ1) is 9.75. The number of nitrogens with two attached hydrogens (primary N) is 1. The number of pyridine rings is 1. The minimum Gasteiger partial charge on any atom is -0.327 e. The van der Waals surface area contributed by atoms with Crippen molar-refractivity contribution in [3.8, 4) is 0 Å². The second-order valence-electron chi connectivity index (χ2n) is 5.42. The predicted molar refractivity (Wildman–Crippen MR) is 80.3 cm³/mol. The zero-order chi connectivity index (χ0) is 13.9. The molecule has 1 saturated carbocycles. The lowest BCUT2D eigenvalue weighted by atomic mass is 9.84. The Morgan fingerprint density at radius 3 is 2.90 bits per heavy atom. The number of anilines is 1. The molecule has 2 aromatic rings. The normalized spacial score (nSPS) is 22.6. The van der Waals surface area contributed by atoms with E-state index in [1.165, 1.54) is 0 Å². The Balaban J connectivity index is 1.84. The van der Waals surface area contributed by atoms with Crippen molar-refractivity contribution in [2.75, 3.05) is 5.32 Å². The maximum atomic E-state index is 12.4. The second-order valence-corrected chi connectivity index (χ2v) is 5.42. The lowest BCUT2D eigenvalue weighted by Gasteiger charge is -2.27. The Labute approximate surface area is 118 Å². The molecule has 1 heterocycles. The van der Waals surface area contributed by atoms with Crippen molar-refractivity contribution >= 4 is 22.5 Å². The van der Waals surface area contributed by atoms with E-state index in [0.717, 1.165) is 42.3 Å². The average molecular weight is 269 g/mol. The van der Waals surface area contributed by atoms with Gasteiger partial charge in [0.1, 0.15) is 0 Å². The molecule has 1 aromatic heterocycles. The Bertz CT molecular complexity index is 621. The van der Waals surface area contributed by atoms with Gasteiger partial charge in [-0.2, -0.15) is 0 Å². The quantitative estimate of drug-likeness (QED) is 0.880. The van der Waals surface area contributed by atoms with E-state index in [-0.39, 0.29) is 17.9 Å². The minimum atomic E-state index is -0.0734. The van der Waals surface area contributed by atoms with Crippen molar-refractivity contribution < 1.29 is 4.79 Å². The van der Waals surface area contributed by atoms with Crippen LogP contribution in [-0.4, -0.2) is 16.9 Å². The smallest absolute Gasteiger partial charge is 0.229 e. The molecule has 0 bridgehead atoms. The van der Waals surface area contributed by atoms with Crippen LogP contribution >= 0.6 is 0 Å². The van der Waals surface area contributed by atoms with Gasteiger partial charge in [0.05, 0.1) is 17.1 Å². The summed E-state index contributed by atoms with van der Waals surface area (Å²) in [6.07, 6.45) is 5.79. The number of nitrogens with zero attached hydrogens (tertiary/aromatic N) is 1. The van der Waals surface area contributed by atoms with Gasteiger partial charge in [0.25, 0.3) is 0 Å². The molecule has 20 heavy (non-hydrogen) atoms. The molecule has 3 N–H and O–H groups in total. The van der Waals surface area contributed by atoms with Crippen LogP contribution in [0.15, 0.2) is 36.5 Å². The topological polar surface area (TPSA) is 68.0 Å². The first-order valence-corrected chi connectivity index (χ1v) is 7.16. The van der Waals surface area contributed by atoms with E-state index in [1.807, 2.05) is 30.3 Å². The molecule has 4 nitrogen and oxygen atoms in total. The Kier molecular flexibility index (Phi) is 3.65. The van der Waals surface area contributed by atoms with Crippen LogP contribution in [0.2, 0.25) is 0 Å². The number of rotatable bonds is 2. The van der Waals surface area contributed by atoms with Gasteiger partial charge in [-0.25, -0.2) is 0 Å². The minimum absolute atomic E-state index is 0.0168. The summed E-state index contributed by atoms with van der Waals surface area (Å²) in [5.41, 5.74) is 7.78. The fraction of sp³-hybridized carbons (Fsp3) is 0.375. The van der Waals surface area contributed by atoms with Crippen molar-refractivity contribution in [3.05, 3.63) is 36.5 Å². The number of carbonyl (C=O) groups excluding carboxylic acids is 1. The predicted octanol–water partition coefficient (Wildman–Crippen LogP) is 2.69. The number of fused-ring (bicyclic) bond motifs is 1. The van der Waals surface area contributed by atoms with Crippen LogP contribution in [0.4, 0.5) is 5.69 Å². The van der Waals surface area contributed by atoms with Crippen LogP contribution < -0.4 is 11.1 Å². The zero-order valence-electron chi connectivity index (χ0n) is 11.4. The van der Waals surface area contributed by atoms with Crippen LogP contribution in [0.5, 0.6) is 0 Å². The summed E-state index contributed by atoms with van der Waals surface area (Å²) in [6.45, 7) is 0. The van der Waals surface area contributed by atoms with E-state index in [2.05, 4.69) is 10.3 Å². The van der Waals surface area contributed by atoms with Gasteiger partial charge in [-0.3, -0.25) is 9.78 Å². The number of hydrogen-bond acceptors (Lipinski definition) is 3. The van der Waals surface area contributed by atoms with Gasteiger partial charge in [0, 0.05) is 17.6 Å². The molecule has 4 heteroatoms. The van der Waals surface area contributed by atoms with Crippen molar-refractivity contribution in [2.24, 2.45) is 11.7 Å². The fourth-order valence-electron chi connectivity index (χ4n) is 2.92. The molecule has 3 rings (SSSR count). The van der Waals surface area contributed by atoms with Crippen LogP contribution in [-0.2, 0) is 4.79 Å². The highest BCUT2D eigenvalue weighted by Gasteiger charge is 2.28. The molecule has 2 unspecified atom stereocenters. The lowest BCUT2D eigenvalue weighted by molar-refractivity contribution is -0.121. The highest BCUT2D eigenvalue weighted by Crippen LogP contribution is 2.26. The highest BCUT2D eigenvalue weighted by atomic mass is 16.1. The SMILES string of the molecule is NC1CCCCC1C(=O)Nc1cccc2ncccc12. The molecule has 1 aliphatic rings. The first-order valence-electron chi connectivity index (χ1n) is 7.16. The lowest BCUT2D eigenvalue weighted by Crippen LogP contribution is -2.40. The van der Waals surface area contributed by atoms with Crippen molar-refractivity contribution in [1.82, 2.24) is 4.98 Å². The van der Waals surface area contributed by atoms with E-state index in [4.69, 9.17) is 5.73 Å². The number of benzene rings is 1. The Morgan fingerprint density at radius 2 is 2.05 bits per heavy atom. The summed E-state index contributed by atoms with van der Waals surface area (Å²) >= 11 is 0. The third-order valence-corrected chi connectivity index (χ3v) is 4.06. The van der Waals surface area contributed by atoms with Crippen LogP contribution in [0, 0.1) is 5.92 Å². The van der Waals surface area contributed by atoms with Crippen molar-refractivity contribution in [2.45, 2.75) is 31.7 Å². The standard InChI is InChI=1S/C16H19N3O/c17-13-7-2-1-5-11(13)16(20)19-15-9-3-8-14-12(15)6-4-10-18-14/h3-4,6,8-11,13H,1-2,5,7,17H2,(H,19,20). The molecule has 0 radical (unpaired) electrons.